The first-order valence-corrected chi connectivity index (χ1v) is 6.37. The fourth-order valence-corrected chi connectivity index (χ4v) is 1.72. The van der Waals surface area contributed by atoms with E-state index in [2.05, 4.69) is 5.32 Å². The molecule has 0 fully saturated rings. The van der Waals surface area contributed by atoms with Crippen LogP contribution in [0, 0.1) is 17.6 Å². The third kappa shape index (κ3) is 3.99. The number of nitrogens with two attached hydrogens (primary N) is 1. The van der Waals surface area contributed by atoms with Crippen molar-refractivity contribution in [1.82, 2.24) is 5.32 Å². The molecule has 3 nitrogen and oxygen atoms in total. The van der Waals surface area contributed by atoms with E-state index in [0.29, 0.717) is 6.42 Å². The summed E-state index contributed by atoms with van der Waals surface area (Å²) in [5.74, 6) is -1.69. The Hall–Kier alpha value is -1.49. The number of carbonyl (C=O) groups excluding carboxylic acids is 1. The van der Waals surface area contributed by atoms with Crippen LogP contribution in [0.3, 0.4) is 0 Å². The molecular formula is C14H20F2N2O. The number of hydrogen-bond donors (Lipinski definition) is 2. The minimum atomic E-state index is -0.551. The maximum absolute atomic E-state index is 13.7. The molecule has 0 bridgehead atoms. The van der Waals surface area contributed by atoms with Crippen LogP contribution in [0.1, 0.15) is 38.8 Å². The second-order valence-electron chi connectivity index (χ2n) is 4.78. The van der Waals surface area contributed by atoms with E-state index in [0.717, 1.165) is 18.2 Å². The van der Waals surface area contributed by atoms with Gasteiger partial charge in [0, 0.05) is 17.5 Å². The van der Waals surface area contributed by atoms with Crippen molar-refractivity contribution in [2.24, 2.45) is 11.7 Å². The lowest BCUT2D eigenvalue weighted by Crippen LogP contribution is -2.40. The van der Waals surface area contributed by atoms with Gasteiger partial charge < -0.3 is 11.1 Å². The van der Waals surface area contributed by atoms with Gasteiger partial charge in [0.05, 0.1) is 6.04 Å². The third-order valence-corrected chi connectivity index (χ3v) is 3.26. The molecular weight excluding hydrogens is 250 g/mol. The average molecular weight is 270 g/mol. The Bertz CT molecular complexity index is 449. The van der Waals surface area contributed by atoms with E-state index in [1.807, 2.05) is 0 Å². The van der Waals surface area contributed by atoms with E-state index in [4.69, 9.17) is 5.73 Å². The molecule has 0 aliphatic heterocycles. The summed E-state index contributed by atoms with van der Waals surface area (Å²) in [4.78, 5) is 11.9. The van der Waals surface area contributed by atoms with Crippen molar-refractivity contribution in [2.45, 2.75) is 39.3 Å². The van der Waals surface area contributed by atoms with Crippen molar-refractivity contribution in [2.75, 3.05) is 0 Å². The lowest BCUT2D eigenvalue weighted by atomic mass is 10.00. The van der Waals surface area contributed by atoms with Crippen molar-refractivity contribution in [3.05, 3.63) is 35.4 Å². The molecule has 106 valence electrons. The third-order valence-electron chi connectivity index (χ3n) is 3.26. The molecule has 3 N–H and O–H groups in total. The van der Waals surface area contributed by atoms with Gasteiger partial charge in [-0.25, -0.2) is 8.78 Å². The molecule has 5 heteroatoms. The maximum atomic E-state index is 13.7. The summed E-state index contributed by atoms with van der Waals surface area (Å²) >= 11 is 0. The van der Waals surface area contributed by atoms with E-state index in [9.17, 15) is 13.6 Å². The minimum absolute atomic E-state index is 0.160. The Kier molecular flexibility index (Phi) is 5.42. The van der Waals surface area contributed by atoms with Gasteiger partial charge in [-0.2, -0.15) is 0 Å². The van der Waals surface area contributed by atoms with E-state index >= 15 is 0 Å². The van der Waals surface area contributed by atoms with Gasteiger partial charge in [-0.15, -0.1) is 0 Å². The van der Waals surface area contributed by atoms with E-state index < -0.39 is 17.7 Å². The Balaban J connectivity index is 2.89. The summed E-state index contributed by atoms with van der Waals surface area (Å²) in [6.07, 6.45) is 0.470. The van der Waals surface area contributed by atoms with Crippen molar-refractivity contribution >= 4 is 5.91 Å². The number of rotatable bonds is 5. The number of halogens is 2. The van der Waals surface area contributed by atoms with Gasteiger partial charge in [-0.3, -0.25) is 4.79 Å². The SMILES string of the molecule is CCC(NC(=O)C(C)C(C)N)c1cc(F)ccc1F. The summed E-state index contributed by atoms with van der Waals surface area (Å²) in [6, 6.07) is 2.38. The fourth-order valence-electron chi connectivity index (χ4n) is 1.72. The first-order valence-electron chi connectivity index (χ1n) is 6.37. The van der Waals surface area contributed by atoms with Crippen LogP contribution in [0.4, 0.5) is 8.78 Å². The molecule has 0 aliphatic rings. The van der Waals surface area contributed by atoms with Gasteiger partial charge >= 0.3 is 0 Å². The summed E-state index contributed by atoms with van der Waals surface area (Å²) in [5.41, 5.74) is 5.81. The second kappa shape index (κ2) is 6.61. The van der Waals surface area contributed by atoms with Crippen LogP contribution in [0.25, 0.3) is 0 Å². The molecule has 0 heterocycles. The molecule has 3 unspecified atom stereocenters. The largest absolute Gasteiger partial charge is 0.349 e. The molecule has 0 saturated heterocycles. The highest BCUT2D eigenvalue weighted by Gasteiger charge is 2.22. The molecule has 0 radical (unpaired) electrons. The van der Waals surface area contributed by atoms with Gasteiger partial charge in [0.2, 0.25) is 5.91 Å². The number of hydrogen-bond acceptors (Lipinski definition) is 2. The van der Waals surface area contributed by atoms with Gasteiger partial charge in [0.25, 0.3) is 0 Å². The second-order valence-corrected chi connectivity index (χ2v) is 4.78. The van der Waals surface area contributed by atoms with Crippen LogP contribution < -0.4 is 11.1 Å². The van der Waals surface area contributed by atoms with Gasteiger partial charge in [0.1, 0.15) is 11.6 Å². The van der Waals surface area contributed by atoms with Gasteiger partial charge in [0.15, 0.2) is 0 Å². The van der Waals surface area contributed by atoms with Crippen LogP contribution >= 0.6 is 0 Å². The predicted octanol–water partition coefficient (Wildman–Crippen LogP) is 2.52. The molecule has 1 rings (SSSR count). The number of benzene rings is 1. The number of carbonyl (C=O) groups is 1. The molecule has 3 atom stereocenters. The summed E-state index contributed by atoms with van der Waals surface area (Å²) in [7, 11) is 0. The van der Waals surface area contributed by atoms with Gasteiger partial charge in [-0.05, 0) is 31.5 Å². The maximum Gasteiger partial charge on any atom is 0.224 e. The zero-order chi connectivity index (χ0) is 14.6. The molecule has 0 aliphatic carbocycles. The summed E-state index contributed by atoms with van der Waals surface area (Å²) in [6.45, 7) is 5.23. The quantitative estimate of drug-likeness (QED) is 0.863. The Morgan fingerprint density at radius 1 is 1.37 bits per heavy atom. The van der Waals surface area contributed by atoms with Crippen molar-refractivity contribution in [3.63, 3.8) is 0 Å². The van der Waals surface area contributed by atoms with Crippen molar-refractivity contribution < 1.29 is 13.6 Å². The molecule has 0 spiro atoms. The highest BCUT2D eigenvalue weighted by atomic mass is 19.1. The lowest BCUT2D eigenvalue weighted by molar-refractivity contribution is -0.125. The molecule has 1 amide bonds. The zero-order valence-corrected chi connectivity index (χ0v) is 11.4. The van der Waals surface area contributed by atoms with Crippen LogP contribution in [-0.2, 0) is 4.79 Å². The summed E-state index contributed by atoms with van der Waals surface area (Å²) in [5, 5.41) is 2.71. The van der Waals surface area contributed by atoms with Gasteiger partial charge in [-0.1, -0.05) is 13.8 Å². The van der Waals surface area contributed by atoms with Crippen LogP contribution in [0.5, 0.6) is 0 Å². The average Bonchev–Trinajstić information content (AvgIpc) is 2.37. The molecule has 19 heavy (non-hydrogen) atoms. The molecule has 0 aromatic heterocycles. The fraction of sp³-hybridized carbons (Fsp3) is 0.500. The van der Waals surface area contributed by atoms with E-state index in [1.54, 1.807) is 20.8 Å². The standard InChI is InChI=1S/C14H20F2N2O/c1-4-13(18-14(19)8(2)9(3)17)11-7-10(15)5-6-12(11)16/h5-9,13H,4,17H2,1-3H3,(H,18,19). The topological polar surface area (TPSA) is 55.1 Å². The van der Waals surface area contributed by atoms with E-state index in [-0.39, 0.29) is 23.4 Å². The lowest BCUT2D eigenvalue weighted by Gasteiger charge is -2.22. The van der Waals surface area contributed by atoms with Crippen molar-refractivity contribution in [1.29, 1.82) is 0 Å². The first-order chi connectivity index (χ1) is 8.86. The highest BCUT2D eigenvalue weighted by Crippen LogP contribution is 2.21. The minimum Gasteiger partial charge on any atom is -0.349 e. The van der Waals surface area contributed by atoms with Crippen LogP contribution in [0.15, 0.2) is 18.2 Å². The normalized spacial score (nSPS) is 15.7. The Morgan fingerprint density at radius 2 is 2.00 bits per heavy atom. The number of nitrogens with one attached hydrogen (secondary N) is 1. The first kappa shape index (κ1) is 15.6. The number of amides is 1. The Labute approximate surface area is 112 Å². The monoisotopic (exact) mass is 270 g/mol. The smallest absolute Gasteiger partial charge is 0.224 e. The zero-order valence-electron chi connectivity index (χ0n) is 11.4. The van der Waals surface area contributed by atoms with E-state index in [1.165, 1.54) is 0 Å². The molecule has 0 saturated carbocycles. The Morgan fingerprint density at radius 3 is 2.53 bits per heavy atom. The van der Waals surface area contributed by atoms with Crippen LogP contribution in [0.2, 0.25) is 0 Å². The summed E-state index contributed by atoms with van der Waals surface area (Å²) < 4.78 is 26.8. The predicted molar refractivity (Wildman–Crippen MR) is 70.3 cm³/mol. The molecule has 1 aromatic rings. The highest BCUT2D eigenvalue weighted by molar-refractivity contribution is 5.79. The van der Waals surface area contributed by atoms with Crippen LogP contribution in [-0.4, -0.2) is 11.9 Å². The molecule has 1 aromatic carbocycles. The van der Waals surface area contributed by atoms with Crippen molar-refractivity contribution in [3.8, 4) is 0 Å².